The van der Waals surface area contributed by atoms with Gasteiger partial charge in [0.15, 0.2) is 17.3 Å². The standard InChI is InChI=1S/C24H19F3N6O2/c1-14-12-19(34)20(30-33(14)16-7-5-6-15(13-16)24(25,26)27)23(35)32-11-10-31(2)21-22(32)29-18-9-4-3-8-17(18)28-21/h3-9,12-13H,10-11H2,1-2H3. The van der Waals surface area contributed by atoms with E-state index in [2.05, 4.69) is 15.1 Å². The maximum absolute atomic E-state index is 13.5. The van der Waals surface area contributed by atoms with Gasteiger partial charge < -0.3 is 4.90 Å². The monoisotopic (exact) mass is 480 g/mol. The topological polar surface area (TPSA) is 84.2 Å². The second-order valence-corrected chi connectivity index (χ2v) is 8.20. The van der Waals surface area contributed by atoms with Crippen LogP contribution in [0.3, 0.4) is 0 Å². The molecular formula is C24H19F3N6O2. The van der Waals surface area contributed by atoms with Crippen molar-refractivity contribution in [2.45, 2.75) is 13.1 Å². The highest BCUT2D eigenvalue weighted by Gasteiger charge is 2.33. The quantitative estimate of drug-likeness (QED) is 0.436. The first-order valence-corrected chi connectivity index (χ1v) is 10.7. The summed E-state index contributed by atoms with van der Waals surface area (Å²) in [6.07, 6.45) is -4.55. The first kappa shape index (κ1) is 22.5. The summed E-state index contributed by atoms with van der Waals surface area (Å²) in [7, 11) is 1.83. The largest absolute Gasteiger partial charge is 0.416 e. The van der Waals surface area contributed by atoms with Gasteiger partial charge in [0.1, 0.15) is 0 Å². The third-order valence-corrected chi connectivity index (χ3v) is 5.78. The predicted octanol–water partition coefficient (Wildman–Crippen LogP) is 3.60. The molecule has 0 unspecified atom stereocenters. The highest BCUT2D eigenvalue weighted by atomic mass is 19.4. The zero-order valence-corrected chi connectivity index (χ0v) is 18.7. The molecule has 3 heterocycles. The summed E-state index contributed by atoms with van der Waals surface area (Å²) in [5.41, 5.74) is -0.307. The highest BCUT2D eigenvalue weighted by molar-refractivity contribution is 6.06. The van der Waals surface area contributed by atoms with Crippen LogP contribution in [0, 0.1) is 6.92 Å². The number of benzene rings is 2. The number of carbonyl (C=O) groups is 1. The maximum atomic E-state index is 13.5. The number of aromatic nitrogens is 4. The number of hydrogen-bond acceptors (Lipinski definition) is 6. The van der Waals surface area contributed by atoms with Gasteiger partial charge in [0.05, 0.1) is 22.3 Å². The van der Waals surface area contributed by atoms with Crippen LogP contribution in [0.1, 0.15) is 21.7 Å². The number of para-hydroxylation sites is 2. The Morgan fingerprint density at radius 3 is 2.31 bits per heavy atom. The SMILES string of the molecule is Cc1cc(=O)c(C(=O)N2CCN(C)c3nc4ccccc4nc32)nn1-c1cccc(C(F)(F)F)c1. The van der Waals surface area contributed by atoms with Gasteiger partial charge in [-0.05, 0) is 37.3 Å². The van der Waals surface area contributed by atoms with Crippen LogP contribution in [0.4, 0.5) is 24.8 Å². The molecule has 0 radical (unpaired) electrons. The normalized spacial score (nSPS) is 13.7. The number of anilines is 2. The summed E-state index contributed by atoms with van der Waals surface area (Å²) >= 11 is 0. The molecule has 2 aromatic heterocycles. The number of halogens is 3. The molecule has 178 valence electrons. The average molecular weight is 480 g/mol. The predicted molar refractivity (Wildman–Crippen MR) is 124 cm³/mol. The maximum Gasteiger partial charge on any atom is 0.416 e. The molecule has 0 fully saturated rings. The van der Waals surface area contributed by atoms with E-state index < -0.39 is 28.8 Å². The lowest BCUT2D eigenvalue weighted by Gasteiger charge is -2.33. The fourth-order valence-electron chi connectivity index (χ4n) is 3.98. The van der Waals surface area contributed by atoms with Crippen LogP contribution in [0.5, 0.6) is 0 Å². The van der Waals surface area contributed by atoms with Crippen molar-refractivity contribution in [1.29, 1.82) is 0 Å². The zero-order chi connectivity index (χ0) is 24.9. The summed E-state index contributed by atoms with van der Waals surface area (Å²) in [6.45, 7) is 2.21. The Bertz CT molecular complexity index is 1530. The van der Waals surface area contributed by atoms with Crippen molar-refractivity contribution in [3.63, 3.8) is 0 Å². The fourth-order valence-corrected chi connectivity index (χ4v) is 3.98. The smallest absolute Gasteiger partial charge is 0.355 e. The van der Waals surface area contributed by atoms with Crippen molar-refractivity contribution < 1.29 is 18.0 Å². The van der Waals surface area contributed by atoms with Gasteiger partial charge in [-0.3, -0.25) is 14.5 Å². The van der Waals surface area contributed by atoms with E-state index in [-0.39, 0.29) is 23.7 Å². The van der Waals surface area contributed by atoms with E-state index in [1.807, 2.05) is 24.1 Å². The Kier molecular flexibility index (Phi) is 5.27. The van der Waals surface area contributed by atoms with Crippen molar-refractivity contribution in [1.82, 2.24) is 19.7 Å². The molecule has 1 aliphatic heterocycles. The van der Waals surface area contributed by atoms with E-state index in [4.69, 9.17) is 0 Å². The minimum atomic E-state index is -4.55. The number of hydrogen-bond donors (Lipinski definition) is 0. The van der Waals surface area contributed by atoms with E-state index in [1.165, 1.54) is 30.0 Å². The summed E-state index contributed by atoms with van der Waals surface area (Å²) in [5.74, 6) is 0.0677. The molecule has 1 aliphatic rings. The number of rotatable bonds is 2. The van der Waals surface area contributed by atoms with Crippen molar-refractivity contribution in [3.8, 4) is 5.69 Å². The van der Waals surface area contributed by atoms with Gasteiger partial charge in [0, 0.05) is 31.9 Å². The molecule has 1 amide bonds. The zero-order valence-electron chi connectivity index (χ0n) is 18.7. The third-order valence-electron chi connectivity index (χ3n) is 5.78. The summed E-state index contributed by atoms with van der Waals surface area (Å²) in [5, 5.41) is 4.18. The molecule has 4 aromatic rings. The number of likely N-dealkylation sites (N-methyl/N-ethyl adjacent to an activating group) is 1. The van der Waals surface area contributed by atoms with Gasteiger partial charge in [-0.1, -0.05) is 18.2 Å². The minimum absolute atomic E-state index is 0.0796. The highest BCUT2D eigenvalue weighted by Crippen LogP contribution is 2.32. The van der Waals surface area contributed by atoms with Crippen LogP contribution in [-0.2, 0) is 6.18 Å². The molecule has 0 saturated carbocycles. The van der Waals surface area contributed by atoms with Crippen molar-refractivity contribution >= 4 is 28.6 Å². The van der Waals surface area contributed by atoms with E-state index in [1.54, 1.807) is 12.1 Å². The van der Waals surface area contributed by atoms with E-state index >= 15 is 0 Å². The summed E-state index contributed by atoms with van der Waals surface area (Å²) in [6, 6.07) is 12.9. The molecule has 2 aromatic carbocycles. The van der Waals surface area contributed by atoms with Gasteiger partial charge in [-0.25, -0.2) is 14.6 Å². The Morgan fingerprint density at radius 1 is 0.943 bits per heavy atom. The Balaban J connectivity index is 1.61. The van der Waals surface area contributed by atoms with Gasteiger partial charge in [0.2, 0.25) is 5.43 Å². The van der Waals surface area contributed by atoms with Crippen LogP contribution in [0.25, 0.3) is 16.7 Å². The van der Waals surface area contributed by atoms with Gasteiger partial charge >= 0.3 is 6.18 Å². The van der Waals surface area contributed by atoms with E-state index in [0.717, 1.165) is 16.8 Å². The van der Waals surface area contributed by atoms with Gasteiger partial charge in [-0.2, -0.15) is 18.3 Å². The molecule has 0 spiro atoms. The fraction of sp³-hybridized carbons (Fsp3) is 0.208. The third kappa shape index (κ3) is 3.98. The van der Waals surface area contributed by atoms with Crippen LogP contribution in [0.15, 0.2) is 59.4 Å². The Hall–Kier alpha value is -4.28. The molecule has 0 atom stereocenters. The van der Waals surface area contributed by atoms with Crippen LogP contribution in [0.2, 0.25) is 0 Å². The number of carbonyl (C=O) groups excluding carboxylic acids is 1. The molecule has 0 bridgehead atoms. The molecule has 35 heavy (non-hydrogen) atoms. The van der Waals surface area contributed by atoms with Crippen molar-refractivity contribution in [2.75, 3.05) is 29.9 Å². The molecule has 5 rings (SSSR count). The van der Waals surface area contributed by atoms with Gasteiger partial charge in [0.25, 0.3) is 5.91 Å². The van der Waals surface area contributed by atoms with E-state index in [0.29, 0.717) is 23.4 Å². The lowest BCUT2D eigenvalue weighted by Crippen LogP contribution is -2.45. The molecule has 0 N–H and O–H groups in total. The molecule has 8 nitrogen and oxygen atoms in total. The first-order chi connectivity index (χ1) is 16.6. The molecule has 11 heteroatoms. The van der Waals surface area contributed by atoms with E-state index in [9.17, 15) is 22.8 Å². The molecule has 0 saturated heterocycles. The molecular weight excluding hydrogens is 461 g/mol. The number of fused-ring (bicyclic) bond motifs is 2. The number of nitrogens with zero attached hydrogens (tertiary/aromatic N) is 6. The van der Waals surface area contributed by atoms with Crippen LogP contribution >= 0.6 is 0 Å². The lowest BCUT2D eigenvalue weighted by atomic mass is 10.2. The van der Waals surface area contributed by atoms with Crippen molar-refractivity contribution in [3.05, 3.63) is 81.8 Å². The first-order valence-electron chi connectivity index (χ1n) is 10.7. The Labute approximate surface area is 197 Å². The summed E-state index contributed by atoms with van der Waals surface area (Å²) in [4.78, 5) is 38.7. The van der Waals surface area contributed by atoms with Crippen LogP contribution in [-0.4, -0.2) is 45.8 Å². The lowest BCUT2D eigenvalue weighted by molar-refractivity contribution is -0.137. The second-order valence-electron chi connectivity index (χ2n) is 8.20. The summed E-state index contributed by atoms with van der Waals surface area (Å²) < 4.78 is 40.8. The molecule has 0 aliphatic carbocycles. The van der Waals surface area contributed by atoms with Crippen molar-refractivity contribution in [2.24, 2.45) is 0 Å². The number of aryl methyl sites for hydroxylation is 1. The van der Waals surface area contributed by atoms with Crippen LogP contribution < -0.4 is 15.2 Å². The average Bonchev–Trinajstić information content (AvgIpc) is 2.83. The Morgan fingerprint density at radius 2 is 1.63 bits per heavy atom. The van der Waals surface area contributed by atoms with Gasteiger partial charge in [-0.15, -0.1) is 0 Å². The number of amides is 1. The minimum Gasteiger partial charge on any atom is -0.355 e. The number of alkyl halides is 3. The second kappa shape index (κ2) is 8.19.